The molecule has 66 heavy (non-hydrogen) atoms. The van der Waals surface area contributed by atoms with E-state index in [2.05, 4.69) is 5.32 Å². The lowest BCUT2D eigenvalue weighted by atomic mass is 9.78. The molecular formula is C50H60N2O14. The van der Waals surface area contributed by atoms with Crippen LogP contribution in [0, 0.1) is 30.6 Å². The number of Topliss-reactive ketones (excluding diaryl/α,β-unsaturated/α-hetero) is 3. The van der Waals surface area contributed by atoms with Gasteiger partial charge < -0.3 is 48.9 Å². The number of nitrogens with one attached hydrogen (secondary N) is 1. The van der Waals surface area contributed by atoms with Gasteiger partial charge in [0.25, 0.3) is 11.7 Å². The Kier molecular flexibility index (Phi) is 14.9. The summed E-state index contributed by atoms with van der Waals surface area (Å²) in [5, 5.41) is 25.7. The molecule has 5 bridgehead atoms. The van der Waals surface area contributed by atoms with Crippen molar-refractivity contribution in [2.75, 3.05) is 20.2 Å². The lowest BCUT2D eigenvalue weighted by Crippen LogP contribution is -2.49. The molecule has 0 aromatic heterocycles. The molecule has 3 N–H and O–H groups in total. The van der Waals surface area contributed by atoms with Gasteiger partial charge in [0.05, 0.1) is 59.0 Å². The molecule has 16 heteroatoms. The Morgan fingerprint density at radius 3 is 2.12 bits per heavy atom. The number of morpholine rings is 1. The zero-order valence-corrected chi connectivity index (χ0v) is 39.2. The fourth-order valence-corrected chi connectivity index (χ4v) is 9.18. The second-order valence-corrected chi connectivity index (χ2v) is 17.9. The van der Waals surface area contributed by atoms with E-state index in [9.17, 15) is 29.4 Å². The van der Waals surface area contributed by atoms with Gasteiger partial charge in [0.1, 0.15) is 29.0 Å². The van der Waals surface area contributed by atoms with E-state index in [1.54, 1.807) is 76.8 Å². The topological polar surface area (TPSA) is 214 Å². The molecule has 7 rings (SSSR count). The van der Waals surface area contributed by atoms with Crippen molar-refractivity contribution in [3.63, 3.8) is 0 Å². The summed E-state index contributed by atoms with van der Waals surface area (Å²) in [5.41, 5.74) is -1.46. The van der Waals surface area contributed by atoms with Crippen LogP contribution in [0.3, 0.4) is 0 Å². The number of hydrogen-bond acceptors (Lipinski definition) is 15. The number of hydrogen-bond donors (Lipinski definition) is 3. The highest BCUT2D eigenvalue weighted by Gasteiger charge is 2.54. The summed E-state index contributed by atoms with van der Waals surface area (Å²) in [4.78, 5) is 87.5. The van der Waals surface area contributed by atoms with E-state index in [4.69, 9.17) is 28.4 Å². The number of esters is 2. The van der Waals surface area contributed by atoms with Crippen LogP contribution in [0.15, 0.2) is 77.9 Å². The third kappa shape index (κ3) is 9.64. The predicted octanol–water partition coefficient (Wildman–Crippen LogP) is 5.58. The highest BCUT2D eigenvalue weighted by atomic mass is 16.7. The van der Waals surface area contributed by atoms with Gasteiger partial charge in [-0.2, -0.15) is 0 Å². The second-order valence-electron chi connectivity index (χ2n) is 17.9. The Hall–Kier alpha value is -5.94. The monoisotopic (exact) mass is 912 g/mol. The van der Waals surface area contributed by atoms with E-state index in [1.165, 1.54) is 65.4 Å². The van der Waals surface area contributed by atoms with E-state index in [1.807, 2.05) is 0 Å². The van der Waals surface area contributed by atoms with Crippen molar-refractivity contribution in [1.82, 2.24) is 10.2 Å². The lowest BCUT2D eigenvalue weighted by Gasteiger charge is -2.39. The first kappa shape index (κ1) is 49.5. The van der Waals surface area contributed by atoms with Crippen LogP contribution in [-0.2, 0) is 28.5 Å². The molecule has 4 aliphatic heterocycles. The molecule has 1 saturated heterocycles. The van der Waals surface area contributed by atoms with Crippen LogP contribution < -0.4 is 14.8 Å². The Balaban J connectivity index is 1.57. The Morgan fingerprint density at radius 1 is 0.848 bits per heavy atom. The van der Waals surface area contributed by atoms with Crippen molar-refractivity contribution < 1.29 is 67.4 Å². The normalized spacial score (nSPS) is 32.7. The third-order valence-electron chi connectivity index (χ3n) is 12.8. The standard InChI is InChI=1S/C50H60N2O14/c1-24-16-15-17-25(2)48(59)51-38-39(52-22-26(3)63-27(4)23-52)43(57)35-36(42(38)56)45(65-49(60)33-18-13-12-14-19-33)31(8)46-37(35)47(58)50(10,66-46)62-21-20-34(61-11)28(5)44(64-32(9)53)30(7)41(55)29(6)40(24)54/h12-21,24,26-30,34,40-41,44,54-55H,22-23H2,1-11H3,(H,51,59)/b16-15+,21-20+,25-17-/t24-,26-,27-,28+,29+,30-,34-,40-,41-,44+,50-/m0/s1. The fourth-order valence-electron chi connectivity index (χ4n) is 9.18. The van der Waals surface area contributed by atoms with Crippen LogP contribution in [0.5, 0.6) is 11.5 Å². The SMILES string of the molecule is CO[C@H]1/C=C/O[C@@]2(C)Oc3c(C)c(OC(=O)c4ccccc4)c4c(c3C2=O)C(=O)C(N2C[C@H](C)O[C@@H](C)C2)=C(NC(=O)/C(C)=C\C=C\[C@H](C)[C@H](O)[C@@H](C)[C@H](O)[C@H](C)[C@H](OC(C)=O)[C@@H]1C)C4=O. The van der Waals surface area contributed by atoms with Gasteiger partial charge in [-0.3, -0.25) is 24.0 Å². The predicted molar refractivity (Wildman–Crippen MR) is 239 cm³/mol. The fraction of sp³-hybridized carbons (Fsp3) is 0.480. The van der Waals surface area contributed by atoms with Crippen molar-refractivity contribution >= 4 is 35.2 Å². The molecule has 1 aliphatic carbocycles. The van der Waals surface area contributed by atoms with E-state index >= 15 is 9.59 Å². The number of aliphatic hydroxyl groups excluding tert-OH is 2. The van der Waals surface area contributed by atoms with Crippen molar-refractivity contribution in [2.24, 2.45) is 23.7 Å². The summed E-state index contributed by atoms with van der Waals surface area (Å²) in [5.74, 6) is -10.1. The average molecular weight is 913 g/mol. The maximum Gasteiger partial charge on any atom is 0.343 e. The highest BCUT2D eigenvalue weighted by Crippen LogP contribution is 2.50. The number of ether oxygens (including phenoxy) is 6. The van der Waals surface area contributed by atoms with Gasteiger partial charge in [-0.05, 0) is 45.9 Å². The zero-order chi connectivity index (χ0) is 48.5. The molecule has 2 aromatic carbocycles. The zero-order valence-electron chi connectivity index (χ0n) is 39.2. The number of ketones is 3. The minimum absolute atomic E-state index is 0.0269. The molecule has 1 amide bonds. The number of rotatable bonds is 5. The van der Waals surface area contributed by atoms with Gasteiger partial charge in [0, 0.05) is 68.9 Å². The minimum atomic E-state index is -2.16. The molecule has 354 valence electrons. The van der Waals surface area contributed by atoms with Crippen LogP contribution in [0.1, 0.15) is 109 Å². The number of nitrogens with zero attached hydrogens (tertiary/aromatic N) is 1. The first-order valence-corrected chi connectivity index (χ1v) is 22.1. The number of carbonyl (C=O) groups is 6. The average Bonchev–Trinajstić information content (AvgIpc) is 3.54. The number of amides is 1. The van der Waals surface area contributed by atoms with Crippen molar-refractivity contribution in [3.8, 4) is 11.5 Å². The van der Waals surface area contributed by atoms with Crippen LogP contribution in [-0.4, -0.2) is 113 Å². The smallest absolute Gasteiger partial charge is 0.343 e. The molecule has 0 spiro atoms. The van der Waals surface area contributed by atoms with Gasteiger partial charge in [-0.25, -0.2) is 4.79 Å². The first-order valence-electron chi connectivity index (χ1n) is 22.1. The number of carbonyl (C=O) groups excluding carboxylic acids is 6. The molecule has 16 nitrogen and oxygen atoms in total. The maximum absolute atomic E-state index is 15.4. The number of methoxy groups -OCH3 is 1. The van der Waals surface area contributed by atoms with E-state index in [-0.39, 0.29) is 52.5 Å². The van der Waals surface area contributed by atoms with Gasteiger partial charge in [-0.1, -0.05) is 64.1 Å². The van der Waals surface area contributed by atoms with E-state index in [0.717, 1.165) is 0 Å². The largest absolute Gasteiger partial charge is 0.462 e. The number of aliphatic hydroxyl groups is 2. The molecule has 1 fully saturated rings. The Bertz CT molecular complexity index is 2390. The summed E-state index contributed by atoms with van der Waals surface area (Å²) >= 11 is 0. The van der Waals surface area contributed by atoms with Crippen molar-refractivity contribution in [3.05, 3.63) is 106 Å². The van der Waals surface area contributed by atoms with Gasteiger partial charge >= 0.3 is 17.7 Å². The Morgan fingerprint density at radius 2 is 1.50 bits per heavy atom. The van der Waals surface area contributed by atoms with Crippen molar-refractivity contribution in [2.45, 2.75) is 112 Å². The molecular weight excluding hydrogens is 853 g/mol. The molecule has 11 atom stereocenters. The van der Waals surface area contributed by atoms with Crippen LogP contribution >= 0.6 is 0 Å². The van der Waals surface area contributed by atoms with Crippen molar-refractivity contribution in [1.29, 1.82) is 0 Å². The molecule has 2 aromatic rings. The van der Waals surface area contributed by atoms with Crippen LogP contribution in [0.4, 0.5) is 0 Å². The molecule has 4 heterocycles. The quantitative estimate of drug-likeness (QED) is 0.247. The molecule has 0 radical (unpaired) electrons. The summed E-state index contributed by atoms with van der Waals surface area (Å²) in [6.07, 6.45) is 2.47. The summed E-state index contributed by atoms with van der Waals surface area (Å²) in [6, 6.07) is 7.97. The first-order chi connectivity index (χ1) is 31.1. The van der Waals surface area contributed by atoms with E-state index in [0.29, 0.717) is 0 Å². The molecule has 5 aliphatic rings. The summed E-state index contributed by atoms with van der Waals surface area (Å²) in [6.45, 7) is 16.3. The van der Waals surface area contributed by atoms with E-state index < -0.39 is 118 Å². The third-order valence-corrected chi connectivity index (χ3v) is 12.8. The molecule has 0 saturated carbocycles. The van der Waals surface area contributed by atoms with Crippen LogP contribution in [0.2, 0.25) is 0 Å². The summed E-state index contributed by atoms with van der Waals surface area (Å²) < 4.78 is 35.9. The summed E-state index contributed by atoms with van der Waals surface area (Å²) in [7, 11) is 1.42. The van der Waals surface area contributed by atoms with Gasteiger partial charge in [0.2, 0.25) is 11.6 Å². The second kappa shape index (κ2) is 19.9. The number of benzene rings is 2. The Labute approximate surface area is 384 Å². The van der Waals surface area contributed by atoms with Gasteiger partial charge in [0.15, 0.2) is 0 Å². The molecule has 0 unspecified atom stereocenters. The maximum atomic E-state index is 15.4. The van der Waals surface area contributed by atoms with Crippen LogP contribution in [0.25, 0.3) is 0 Å². The lowest BCUT2D eigenvalue weighted by molar-refractivity contribution is -0.160. The highest BCUT2D eigenvalue weighted by molar-refractivity contribution is 6.32. The van der Waals surface area contributed by atoms with Gasteiger partial charge in [-0.15, -0.1) is 0 Å². The number of allylic oxidation sites excluding steroid dienone is 4. The number of fused-ring (bicyclic) bond motifs is 14. The minimum Gasteiger partial charge on any atom is -0.462 e.